The van der Waals surface area contributed by atoms with E-state index in [1.165, 1.54) is 15.4 Å². The van der Waals surface area contributed by atoms with E-state index >= 15 is 0 Å². The molecule has 0 fully saturated rings. The van der Waals surface area contributed by atoms with Gasteiger partial charge in [0.25, 0.3) is 0 Å². The highest BCUT2D eigenvalue weighted by Gasteiger charge is 2.11. The predicted molar refractivity (Wildman–Crippen MR) is 72.7 cm³/mol. The van der Waals surface area contributed by atoms with Crippen molar-refractivity contribution >= 4 is 57.5 Å². The lowest BCUT2D eigenvalue weighted by molar-refractivity contribution is 1.62. The van der Waals surface area contributed by atoms with Crippen LogP contribution in [-0.2, 0) is 0 Å². The fraction of sp³-hybridized carbons (Fsp3) is 0.111. The maximum Gasteiger partial charge on any atom is 0.0668 e. The Morgan fingerprint density at radius 3 is 2.08 bits per heavy atom. The molecule has 13 heavy (non-hydrogen) atoms. The molecule has 0 radical (unpaired) electrons. The molecule has 70 valence electrons. The molecule has 4 heteroatoms. The van der Waals surface area contributed by atoms with Gasteiger partial charge >= 0.3 is 0 Å². The lowest BCUT2D eigenvalue weighted by atomic mass is 10.2. The quantitative estimate of drug-likeness (QED) is 0.557. The Morgan fingerprint density at radius 1 is 1.15 bits per heavy atom. The number of hydrogen-bond donors (Lipinski definition) is 0. The van der Waals surface area contributed by atoms with E-state index in [1.54, 1.807) is 0 Å². The fourth-order valence-electron chi connectivity index (χ4n) is 1.01. The van der Waals surface area contributed by atoms with Crippen LogP contribution in [0.3, 0.4) is 0 Å². The first-order valence-electron chi connectivity index (χ1n) is 3.66. The van der Waals surface area contributed by atoms with Gasteiger partial charge in [-0.25, -0.2) is 0 Å². The summed E-state index contributed by atoms with van der Waals surface area (Å²) in [6, 6.07) is 10.3. The normalized spacial score (nSPS) is 13.0. The van der Waals surface area contributed by atoms with Crippen molar-refractivity contribution in [2.24, 2.45) is 0 Å². The van der Waals surface area contributed by atoms with Gasteiger partial charge in [0.15, 0.2) is 0 Å². The molecule has 0 atom stereocenters. The van der Waals surface area contributed by atoms with Crippen molar-refractivity contribution in [2.45, 2.75) is 6.92 Å². The number of benzene rings is 1. The number of hydrogen-bond acceptors (Lipinski definition) is 0. The molecule has 1 aromatic carbocycles. The number of rotatable bonds is 2. The van der Waals surface area contributed by atoms with Crippen LogP contribution in [0.5, 0.6) is 0 Å². The average molecular weight is 387 g/mol. The first kappa shape index (κ1) is 11.9. The van der Waals surface area contributed by atoms with Gasteiger partial charge in [-0.05, 0) is 43.5 Å². The topological polar surface area (TPSA) is 0 Å². The van der Waals surface area contributed by atoms with Crippen LogP contribution in [0.1, 0.15) is 12.5 Å². The first-order chi connectivity index (χ1) is 6.13. The summed E-state index contributed by atoms with van der Waals surface area (Å²) in [5.74, 6) is 0. The molecule has 0 amide bonds. The smallest absolute Gasteiger partial charge is 0.0622 e. The van der Waals surface area contributed by atoms with Gasteiger partial charge in [-0.2, -0.15) is 0 Å². The number of allylic oxidation sites excluding steroid dienone is 1. The van der Waals surface area contributed by atoms with Crippen LogP contribution in [0.25, 0.3) is 5.31 Å². The van der Waals surface area contributed by atoms with Crippen LogP contribution in [-0.4, -0.2) is 0 Å². The maximum atomic E-state index is 3.57. The predicted octanol–water partition coefficient (Wildman–Crippen LogP) is 5.87. The van der Waals surface area contributed by atoms with Crippen LogP contribution in [0.4, 0.5) is 0 Å². The Hall–Kier alpha value is 0.830. The minimum atomic E-state index is -0.422. The fourth-order valence-corrected chi connectivity index (χ4v) is 6.60. The van der Waals surface area contributed by atoms with Gasteiger partial charge in [-0.3, -0.25) is 0 Å². The Kier molecular flexibility index (Phi) is 5.17. The summed E-state index contributed by atoms with van der Waals surface area (Å²) in [7, 11) is 0. The summed E-state index contributed by atoms with van der Waals surface area (Å²) in [6.45, 7) is 2.06. The molecule has 1 rings (SSSR count). The van der Waals surface area contributed by atoms with Crippen LogP contribution < -0.4 is 0 Å². The van der Waals surface area contributed by atoms with E-state index in [2.05, 4.69) is 66.0 Å². The van der Waals surface area contributed by atoms with Crippen LogP contribution in [0.2, 0.25) is 0 Å². The van der Waals surface area contributed by atoms with Gasteiger partial charge in [0.2, 0.25) is 0 Å². The second-order valence-electron chi connectivity index (χ2n) is 2.48. The monoisotopic (exact) mass is 384 g/mol. The van der Waals surface area contributed by atoms with Gasteiger partial charge in [0, 0.05) is 9.80 Å². The number of halogens is 3. The molecule has 0 nitrogen and oxygen atoms in total. The molecule has 0 N–H and O–H groups in total. The van der Waals surface area contributed by atoms with E-state index in [0.29, 0.717) is 0 Å². The highest BCUT2D eigenvalue weighted by atomic mass is 79.9. The summed E-state index contributed by atoms with van der Waals surface area (Å²) in [5.41, 5.74) is 1.25. The minimum absolute atomic E-state index is 0.422. The molecule has 0 bridgehead atoms. The largest absolute Gasteiger partial charge is 0.0668 e. The molecule has 0 heterocycles. The molecule has 0 aliphatic rings. The van der Waals surface area contributed by atoms with Gasteiger partial charge in [-0.1, -0.05) is 46.3 Å². The Bertz CT molecular complexity index is 302. The summed E-state index contributed by atoms with van der Waals surface area (Å²) in [5, 5.41) is 0.866. The SMILES string of the molecule is C/C(Br)=C(\c1ccccc1)P(Br)Br. The Balaban J connectivity index is 3.12. The maximum absolute atomic E-state index is 3.57. The van der Waals surface area contributed by atoms with E-state index in [9.17, 15) is 0 Å². The van der Waals surface area contributed by atoms with E-state index in [4.69, 9.17) is 0 Å². The Morgan fingerprint density at radius 2 is 1.69 bits per heavy atom. The molecule has 0 unspecified atom stereocenters. The third-order valence-corrected chi connectivity index (χ3v) is 5.30. The standard InChI is InChI=1S/C9H8Br3P/c1-7(10)9(13(11)12)8-5-3-2-4-6-8/h2-6H,1H3/b9-7-. The molecule has 0 spiro atoms. The molecule has 0 saturated carbocycles. The van der Waals surface area contributed by atoms with E-state index in [-0.39, 0.29) is 0 Å². The van der Waals surface area contributed by atoms with Crippen molar-refractivity contribution in [3.05, 3.63) is 40.4 Å². The van der Waals surface area contributed by atoms with Crippen molar-refractivity contribution in [2.75, 3.05) is 0 Å². The van der Waals surface area contributed by atoms with E-state index in [0.717, 1.165) is 0 Å². The third-order valence-electron chi connectivity index (χ3n) is 1.54. The second kappa shape index (κ2) is 5.65. The van der Waals surface area contributed by atoms with E-state index in [1.807, 2.05) is 18.2 Å². The molecule has 0 aromatic heterocycles. The third kappa shape index (κ3) is 3.47. The first-order valence-corrected chi connectivity index (χ1v) is 9.83. The van der Waals surface area contributed by atoms with Crippen molar-refractivity contribution in [1.29, 1.82) is 0 Å². The van der Waals surface area contributed by atoms with Crippen molar-refractivity contribution < 1.29 is 0 Å². The highest BCUT2D eigenvalue weighted by molar-refractivity contribution is 9.70. The second-order valence-corrected chi connectivity index (χ2v) is 11.7. The summed E-state index contributed by atoms with van der Waals surface area (Å²) in [6.07, 6.45) is 0. The Labute approximate surface area is 104 Å². The zero-order chi connectivity index (χ0) is 9.84. The molecule has 1 aromatic rings. The average Bonchev–Trinajstić information content (AvgIpc) is 2.04. The lowest BCUT2D eigenvalue weighted by Crippen LogP contribution is -1.78. The zero-order valence-corrected chi connectivity index (χ0v) is 12.6. The van der Waals surface area contributed by atoms with Gasteiger partial charge < -0.3 is 0 Å². The van der Waals surface area contributed by atoms with Crippen LogP contribution >= 0.6 is 52.2 Å². The molecular formula is C9H8Br3P. The van der Waals surface area contributed by atoms with Crippen molar-refractivity contribution in [1.82, 2.24) is 0 Å². The molecular weight excluding hydrogens is 379 g/mol. The van der Waals surface area contributed by atoms with Crippen LogP contribution in [0, 0.1) is 0 Å². The molecule has 0 saturated heterocycles. The zero-order valence-electron chi connectivity index (χ0n) is 6.97. The van der Waals surface area contributed by atoms with Gasteiger partial charge in [0.05, 0.1) is 5.33 Å². The minimum Gasteiger partial charge on any atom is -0.0622 e. The summed E-state index contributed by atoms with van der Waals surface area (Å²) < 4.78 is 1.17. The lowest BCUT2D eigenvalue weighted by Gasteiger charge is -2.09. The van der Waals surface area contributed by atoms with Crippen molar-refractivity contribution in [3.8, 4) is 0 Å². The highest BCUT2D eigenvalue weighted by Crippen LogP contribution is 2.64. The van der Waals surface area contributed by atoms with Gasteiger partial charge in [0.1, 0.15) is 0 Å². The molecule has 0 aliphatic carbocycles. The van der Waals surface area contributed by atoms with Crippen molar-refractivity contribution in [3.63, 3.8) is 0 Å². The summed E-state index contributed by atoms with van der Waals surface area (Å²) in [4.78, 5) is 0. The van der Waals surface area contributed by atoms with E-state index < -0.39 is 5.33 Å². The molecule has 0 aliphatic heterocycles. The summed E-state index contributed by atoms with van der Waals surface area (Å²) >= 11 is 10.7. The van der Waals surface area contributed by atoms with Crippen LogP contribution in [0.15, 0.2) is 34.8 Å². The van der Waals surface area contributed by atoms with Gasteiger partial charge in [-0.15, -0.1) is 0 Å².